The van der Waals surface area contributed by atoms with E-state index in [9.17, 15) is 30.4 Å². The number of rotatable bonds is 5. The van der Waals surface area contributed by atoms with Gasteiger partial charge in [0.1, 0.15) is 11.4 Å². The topological polar surface area (TPSA) is 55.4 Å². The third-order valence-corrected chi connectivity index (χ3v) is 4.26. The molecule has 2 aromatic rings. The van der Waals surface area contributed by atoms with Gasteiger partial charge in [0, 0.05) is 0 Å². The Morgan fingerprint density at radius 1 is 0.875 bits per heavy atom. The fourth-order valence-electron chi connectivity index (χ4n) is 1.77. The summed E-state index contributed by atoms with van der Waals surface area (Å²) in [7, 11) is -4.58. The third-order valence-electron chi connectivity index (χ3n) is 2.89. The van der Waals surface area contributed by atoms with Crippen LogP contribution in [0.5, 0.6) is 5.75 Å². The average Bonchev–Trinajstić information content (AvgIpc) is 2.56. The first-order valence-corrected chi connectivity index (χ1v) is 7.94. The van der Waals surface area contributed by atoms with Crippen LogP contribution < -0.4 is 9.46 Å². The van der Waals surface area contributed by atoms with E-state index in [1.165, 1.54) is 16.9 Å². The van der Waals surface area contributed by atoms with Crippen molar-refractivity contribution < 1.29 is 35.1 Å². The summed E-state index contributed by atoms with van der Waals surface area (Å²) < 4.78 is 96.8. The van der Waals surface area contributed by atoms with Crippen LogP contribution in [-0.4, -0.2) is 15.0 Å². The van der Waals surface area contributed by atoms with E-state index in [4.69, 9.17) is 4.74 Å². The number of anilines is 1. The summed E-state index contributed by atoms with van der Waals surface area (Å²) in [6, 6.07) is 4.66. The SMILES string of the molecule is CCOc1ccc(S(=O)(=O)Nc2c(F)c(F)c(F)c(F)c2F)cc1. The molecule has 0 spiro atoms. The smallest absolute Gasteiger partial charge is 0.262 e. The molecule has 0 amide bonds. The lowest BCUT2D eigenvalue weighted by Gasteiger charge is -2.12. The average molecular weight is 367 g/mol. The summed E-state index contributed by atoms with van der Waals surface area (Å²) in [4.78, 5) is -0.449. The van der Waals surface area contributed by atoms with Gasteiger partial charge in [-0.05, 0) is 31.2 Å². The van der Waals surface area contributed by atoms with Crippen molar-refractivity contribution in [2.75, 3.05) is 11.3 Å². The van der Waals surface area contributed by atoms with E-state index in [1.54, 1.807) is 6.92 Å². The van der Waals surface area contributed by atoms with Crippen molar-refractivity contribution in [2.45, 2.75) is 11.8 Å². The molecule has 2 aromatic carbocycles. The van der Waals surface area contributed by atoms with Crippen molar-refractivity contribution in [1.82, 2.24) is 0 Å². The lowest BCUT2D eigenvalue weighted by molar-refractivity contribution is 0.340. The number of hydrogen-bond acceptors (Lipinski definition) is 3. The quantitative estimate of drug-likeness (QED) is 0.499. The Labute approximate surface area is 133 Å². The Morgan fingerprint density at radius 2 is 1.33 bits per heavy atom. The maximum atomic E-state index is 13.5. The van der Waals surface area contributed by atoms with E-state index in [-0.39, 0.29) is 0 Å². The minimum absolute atomic E-state index is 0.328. The molecule has 0 saturated carbocycles. The lowest BCUT2D eigenvalue weighted by atomic mass is 10.2. The molecule has 0 saturated heterocycles. The zero-order valence-electron chi connectivity index (χ0n) is 12.0. The number of halogens is 5. The van der Waals surface area contributed by atoms with Crippen LogP contribution >= 0.6 is 0 Å². The minimum atomic E-state index is -4.58. The molecule has 4 nitrogen and oxygen atoms in total. The largest absolute Gasteiger partial charge is 0.494 e. The fourth-order valence-corrected chi connectivity index (χ4v) is 2.83. The summed E-state index contributed by atoms with van der Waals surface area (Å²) in [5.74, 6) is -11.1. The first kappa shape index (κ1) is 18.0. The predicted octanol–water partition coefficient (Wildman–Crippen LogP) is 3.58. The molecule has 0 heterocycles. The third kappa shape index (κ3) is 3.28. The highest BCUT2D eigenvalue weighted by Crippen LogP contribution is 2.29. The zero-order chi connectivity index (χ0) is 18.1. The van der Waals surface area contributed by atoms with Gasteiger partial charge in [-0.2, -0.15) is 0 Å². The van der Waals surface area contributed by atoms with Gasteiger partial charge in [-0.15, -0.1) is 0 Å². The molecule has 0 bridgehead atoms. The van der Waals surface area contributed by atoms with Crippen LogP contribution in [0.25, 0.3) is 0 Å². The first-order chi connectivity index (χ1) is 11.2. The van der Waals surface area contributed by atoms with Gasteiger partial charge in [0.15, 0.2) is 23.3 Å². The summed E-state index contributed by atoms with van der Waals surface area (Å²) >= 11 is 0. The molecule has 0 atom stereocenters. The van der Waals surface area contributed by atoms with E-state index < -0.39 is 49.7 Å². The maximum absolute atomic E-state index is 13.5. The monoisotopic (exact) mass is 367 g/mol. The molecule has 0 aliphatic carbocycles. The predicted molar refractivity (Wildman–Crippen MR) is 74.7 cm³/mol. The second kappa shape index (κ2) is 6.63. The van der Waals surface area contributed by atoms with Crippen LogP contribution in [0.2, 0.25) is 0 Å². The van der Waals surface area contributed by atoms with Gasteiger partial charge >= 0.3 is 0 Å². The van der Waals surface area contributed by atoms with E-state index in [0.717, 1.165) is 12.1 Å². The Bertz CT molecular complexity index is 840. The molecule has 0 unspecified atom stereocenters. The Morgan fingerprint density at radius 3 is 1.79 bits per heavy atom. The standard InChI is InChI=1S/C14H10F5NO3S/c1-2-23-7-3-5-8(6-4-7)24(21,22)20-14-12(18)10(16)9(15)11(17)13(14)19/h3-6,20H,2H2,1H3. The molecule has 0 aliphatic rings. The fraction of sp³-hybridized carbons (Fsp3) is 0.143. The number of nitrogens with one attached hydrogen (secondary N) is 1. The summed E-state index contributed by atoms with van der Waals surface area (Å²) in [6.07, 6.45) is 0. The zero-order valence-corrected chi connectivity index (χ0v) is 12.9. The van der Waals surface area contributed by atoms with Gasteiger partial charge < -0.3 is 4.74 Å². The molecule has 0 radical (unpaired) electrons. The summed E-state index contributed by atoms with van der Waals surface area (Å²) in [5, 5.41) is 0. The Balaban J connectivity index is 2.43. The van der Waals surface area contributed by atoms with Crippen LogP contribution in [0.1, 0.15) is 6.92 Å². The van der Waals surface area contributed by atoms with E-state index in [0.29, 0.717) is 12.4 Å². The van der Waals surface area contributed by atoms with Crippen LogP contribution in [-0.2, 0) is 10.0 Å². The van der Waals surface area contributed by atoms with Crippen molar-refractivity contribution in [3.05, 3.63) is 53.4 Å². The van der Waals surface area contributed by atoms with Crippen molar-refractivity contribution in [2.24, 2.45) is 0 Å². The summed E-state index contributed by atoms with van der Waals surface area (Å²) in [6.45, 7) is 2.03. The van der Waals surface area contributed by atoms with Crippen LogP contribution in [0.15, 0.2) is 29.2 Å². The van der Waals surface area contributed by atoms with Crippen molar-refractivity contribution in [3.63, 3.8) is 0 Å². The second-order valence-corrected chi connectivity index (χ2v) is 6.14. The van der Waals surface area contributed by atoms with Gasteiger partial charge in [0.2, 0.25) is 5.82 Å². The number of ether oxygens (including phenoxy) is 1. The van der Waals surface area contributed by atoms with E-state index in [1.807, 2.05) is 0 Å². The van der Waals surface area contributed by atoms with Crippen molar-refractivity contribution in [1.29, 1.82) is 0 Å². The molecule has 0 aliphatic heterocycles. The Hall–Kier alpha value is -2.36. The first-order valence-electron chi connectivity index (χ1n) is 6.46. The molecule has 0 aromatic heterocycles. The lowest BCUT2D eigenvalue weighted by Crippen LogP contribution is -2.17. The highest BCUT2D eigenvalue weighted by atomic mass is 32.2. The van der Waals surface area contributed by atoms with E-state index in [2.05, 4.69) is 0 Å². The van der Waals surface area contributed by atoms with Crippen molar-refractivity contribution >= 4 is 15.7 Å². The molecular weight excluding hydrogens is 357 g/mol. The molecule has 2 rings (SSSR count). The van der Waals surface area contributed by atoms with E-state index >= 15 is 0 Å². The van der Waals surface area contributed by atoms with Crippen molar-refractivity contribution in [3.8, 4) is 5.75 Å². The second-order valence-electron chi connectivity index (χ2n) is 4.45. The van der Waals surface area contributed by atoms with Gasteiger partial charge in [0.25, 0.3) is 10.0 Å². The van der Waals surface area contributed by atoms with Crippen LogP contribution in [0.3, 0.4) is 0 Å². The highest BCUT2D eigenvalue weighted by molar-refractivity contribution is 7.92. The van der Waals surface area contributed by atoms with Gasteiger partial charge in [-0.1, -0.05) is 0 Å². The van der Waals surface area contributed by atoms with Gasteiger partial charge in [0.05, 0.1) is 11.5 Å². The van der Waals surface area contributed by atoms with Gasteiger partial charge in [-0.3, -0.25) is 4.72 Å². The number of benzene rings is 2. The minimum Gasteiger partial charge on any atom is -0.494 e. The molecule has 24 heavy (non-hydrogen) atoms. The molecular formula is C14H10F5NO3S. The molecule has 0 fully saturated rings. The Kier molecular flexibility index (Phi) is 4.97. The summed E-state index contributed by atoms with van der Waals surface area (Å²) in [5.41, 5.74) is -1.65. The normalized spacial score (nSPS) is 11.4. The van der Waals surface area contributed by atoms with Crippen LogP contribution in [0.4, 0.5) is 27.6 Å². The molecule has 10 heteroatoms. The maximum Gasteiger partial charge on any atom is 0.262 e. The van der Waals surface area contributed by atoms with Gasteiger partial charge in [-0.25, -0.2) is 30.4 Å². The molecule has 1 N–H and O–H groups in total. The highest BCUT2D eigenvalue weighted by Gasteiger charge is 2.28. The molecule has 130 valence electrons. The number of sulfonamides is 1. The number of hydrogen-bond donors (Lipinski definition) is 1. The van der Waals surface area contributed by atoms with Crippen LogP contribution in [0, 0.1) is 29.1 Å².